The molecule has 0 bridgehead atoms. The van der Waals surface area contributed by atoms with Crippen LogP contribution in [-0.4, -0.2) is 12.6 Å². The van der Waals surface area contributed by atoms with Crippen LogP contribution < -0.4 is 10.6 Å². The number of nitrogens with one attached hydrogen (secondary N) is 2. The lowest BCUT2D eigenvalue weighted by Gasteiger charge is -2.18. The van der Waals surface area contributed by atoms with Crippen molar-refractivity contribution in [3.63, 3.8) is 0 Å². The second kappa shape index (κ2) is 5.31. The monoisotopic (exact) mass is 244 g/mol. The van der Waals surface area contributed by atoms with Crippen LogP contribution in [0.1, 0.15) is 43.7 Å². The molecule has 1 atom stereocenters. The van der Waals surface area contributed by atoms with E-state index in [-0.39, 0.29) is 0 Å². The van der Waals surface area contributed by atoms with Crippen molar-refractivity contribution in [1.82, 2.24) is 5.32 Å². The minimum Gasteiger partial charge on any atom is -0.384 e. The molecule has 2 nitrogen and oxygen atoms in total. The van der Waals surface area contributed by atoms with E-state index < -0.39 is 0 Å². The molecular formula is C16H24N2. The number of anilines is 1. The molecular weight excluding hydrogens is 220 g/mol. The number of fused-ring (bicyclic) bond motifs is 1. The second-order valence-electron chi connectivity index (χ2n) is 5.79. The van der Waals surface area contributed by atoms with Gasteiger partial charge in [0.15, 0.2) is 0 Å². The molecule has 98 valence electrons. The largest absolute Gasteiger partial charge is 0.384 e. The lowest BCUT2D eigenvalue weighted by molar-refractivity contribution is 0.445. The Morgan fingerprint density at radius 3 is 3.06 bits per heavy atom. The summed E-state index contributed by atoms with van der Waals surface area (Å²) in [5.41, 5.74) is 4.33. The molecule has 1 heterocycles. The van der Waals surface area contributed by atoms with Crippen LogP contribution in [0.15, 0.2) is 18.2 Å². The molecule has 2 N–H and O–H groups in total. The van der Waals surface area contributed by atoms with Gasteiger partial charge in [0.1, 0.15) is 0 Å². The zero-order valence-corrected chi connectivity index (χ0v) is 11.3. The summed E-state index contributed by atoms with van der Waals surface area (Å²) in [6.45, 7) is 4.42. The van der Waals surface area contributed by atoms with Crippen molar-refractivity contribution in [3.8, 4) is 0 Å². The molecule has 1 saturated carbocycles. The molecule has 1 aliphatic carbocycles. The van der Waals surface area contributed by atoms with E-state index in [2.05, 4.69) is 35.8 Å². The van der Waals surface area contributed by atoms with Gasteiger partial charge in [-0.1, -0.05) is 38.0 Å². The van der Waals surface area contributed by atoms with Crippen LogP contribution in [0.3, 0.4) is 0 Å². The molecule has 2 aliphatic rings. The lowest BCUT2D eigenvalue weighted by Crippen LogP contribution is -2.28. The average Bonchev–Trinajstić information content (AvgIpc) is 3.08. The summed E-state index contributed by atoms with van der Waals surface area (Å²) in [7, 11) is 0. The Kier molecular flexibility index (Phi) is 3.55. The minimum absolute atomic E-state index is 0.703. The molecule has 3 rings (SSSR count). The smallest absolute Gasteiger partial charge is 0.0419 e. The number of hydrogen-bond acceptors (Lipinski definition) is 2. The Labute approximate surface area is 110 Å². The van der Waals surface area contributed by atoms with Gasteiger partial charge in [0.25, 0.3) is 0 Å². The fourth-order valence-corrected chi connectivity index (χ4v) is 2.96. The first-order chi connectivity index (χ1) is 8.86. The van der Waals surface area contributed by atoms with Crippen LogP contribution in [0.2, 0.25) is 0 Å². The van der Waals surface area contributed by atoms with Crippen molar-refractivity contribution in [1.29, 1.82) is 0 Å². The van der Waals surface area contributed by atoms with Crippen molar-refractivity contribution < 1.29 is 0 Å². The van der Waals surface area contributed by atoms with Gasteiger partial charge >= 0.3 is 0 Å². The second-order valence-corrected chi connectivity index (χ2v) is 5.79. The molecule has 1 aliphatic heterocycles. The summed E-state index contributed by atoms with van der Waals surface area (Å²) in [6, 6.07) is 7.41. The highest BCUT2D eigenvalue weighted by molar-refractivity contribution is 5.61. The first-order valence-corrected chi connectivity index (χ1v) is 7.45. The Balaban J connectivity index is 1.60. The van der Waals surface area contributed by atoms with Gasteiger partial charge in [0.2, 0.25) is 0 Å². The highest BCUT2D eigenvalue weighted by atomic mass is 14.9. The number of hydrogen-bond donors (Lipinski definition) is 2. The van der Waals surface area contributed by atoms with Crippen LogP contribution in [0.25, 0.3) is 0 Å². The Bertz CT molecular complexity index is 410. The molecule has 1 unspecified atom stereocenters. The predicted octanol–water partition coefficient (Wildman–Crippen LogP) is 3.32. The number of rotatable bonds is 6. The van der Waals surface area contributed by atoms with E-state index in [0.717, 1.165) is 19.0 Å². The van der Waals surface area contributed by atoms with Crippen molar-refractivity contribution in [2.75, 3.05) is 11.9 Å². The maximum absolute atomic E-state index is 3.75. The van der Waals surface area contributed by atoms with Crippen LogP contribution in [0, 0.1) is 5.92 Å². The third kappa shape index (κ3) is 2.69. The quantitative estimate of drug-likeness (QED) is 0.802. The van der Waals surface area contributed by atoms with Gasteiger partial charge in [0.05, 0.1) is 0 Å². The third-order valence-electron chi connectivity index (χ3n) is 4.32. The van der Waals surface area contributed by atoms with E-state index in [0.29, 0.717) is 6.04 Å². The van der Waals surface area contributed by atoms with Crippen LogP contribution in [-0.2, 0) is 13.0 Å². The number of benzene rings is 1. The fraction of sp³-hybridized carbons (Fsp3) is 0.625. The van der Waals surface area contributed by atoms with Gasteiger partial charge < -0.3 is 10.6 Å². The van der Waals surface area contributed by atoms with Crippen molar-refractivity contribution in [2.45, 2.75) is 51.6 Å². The van der Waals surface area contributed by atoms with Gasteiger partial charge in [-0.25, -0.2) is 0 Å². The molecule has 0 amide bonds. The summed E-state index contributed by atoms with van der Waals surface area (Å²) in [6.07, 6.45) is 6.72. The van der Waals surface area contributed by atoms with Gasteiger partial charge in [0, 0.05) is 24.8 Å². The van der Waals surface area contributed by atoms with E-state index in [9.17, 15) is 0 Å². The molecule has 1 aromatic rings. The number of para-hydroxylation sites is 1. The summed E-state index contributed by atoms with van der Waals surface area (Å²) in [4.78, 5) is 0. The summed E-state index contributed by atoms with van der Waals surface area (Å²) in [5.74, 6) is 1.02. The molecule has 0 saturated heterocycles. The average molecular weight is 244 g/mol. The first kappa shape index (κ1) is 12.0. The summed E-state index contributed by atoms with van der Waals surface area (Å²) >= 11 is 0. The third-order valence-corrected chi connectivity index (χ3v) is 4.32. The maximum Gasteiger partial charge on any atom is 0.0419 e. The molecule has 0 radical (unpaired) electrons. The van der Waals surface area contributed by atoms with E-state index in [1.54, 1.807) is 0 Å². The highest BCUT2D eigenvalue weighted by Gasteiger charge is 2.24. The first-order valence-electron chi connectivity index (χ1n) is 7.45. The normalized spacial score (nSPS) is 19.4. The Morgan fingerprint density at radius 1 is 1.39 bits per heavy atom. The van der Waals surface area contributed by atoms with E-state index in [1.165, 1.54) is 48.9 Å². The van der Waals surface area contributed by atoms with Crippen molar-refractivity contribution >= 4 is 5.69 Å². The molecule has 1 aromatic carbocycles. The van der Waals surface area contributed by atoms with E-state index >= 15 is 0 Å². The summed E-state index contributed by atoms with van der Waals surface area (Å²) in [5, 5.41) is 7.27. The van der Waals surface area contributed by atoms with Crippen molar-refractivity contribution in [3.05, 3.63) is 29.3 Å². The molecule has 0 spiro atoms. The molecule has 1 fully saturated rings. The van der Waals surface area contributed by atoms with E-state index in [1.807, 2.05) is 0 Å². The highest BCUT2D eigenvalue weighted by Crippen LogP contribution is 2.34. The maximum atomic E-state index is 3.75. The van der Waals surface area contributed by atoms with Crippen LogP contribution in [0.4, 0.5) is 5.69 Å². The van der Waals surface area contributed by atoms with Crippen molar-refractivity contribution in [2.24, 2.45) is 5.92 Å². The Morgan fingerprint density at radius 2 is 2.28 bits per heavy atom. The molecule has 2 heteroatoms. The van der Waals surface area contributed by atoms with Gasteiger partial charge in [-0.15, -0.1) is 0 Å². The Hall–Kier alpha value is -1.02. The zero-order valence-electron chi connectivity index (χ0n) is 11.3. The molecule has 0 aromatic heterocycles. The SMILES string of the molecule is CCC(CC1CC1)NCc1cccc2c1NCC2. The topological polar surface area (TPSA) is 24.1 Å². The molecule has 18 heavy (non-hydrogen) atoms. The van der Waals surface area contributed by atoms with E-state index in [4.69, 9.17) is 0 Å². The van der Waals surface area contributed by atoms with Gasteiger partial charge in [-0.05, 0) is 36.3 Å². The predicted molar refractivity (Wildman–Crippen MR) is 76.9 cm³/mol. The lowest BCUT2D eigenvalue weighted by atomic mass is 10.1. The van der Waals surface area contributed by atoms with Crippen LogP contribution >= 0.6 is 0 Å². The standard InChI is InChI=1S/C16H24N2/c1-2-15(10-12-6-7-12)18-11-14-5-3-4-13-8-9-17-16(13)14/h3-5,12,15,17-18H,2,6-11H2,1H3. The summed E-state index contributed by atoms with van der Waals surface area (Å²) < 4.78 is 0. The van der Waals surface area contributed by atoms with Crippen LogP contribution in [0.5, 0.6) is 0 Å². The fourth-order valence-electron chi connectivity index (χ4n) is 2.96. The van der Waals surface area contributed by atoms with Gasteiger partial charge in [-0.2, -0.15) is 0 Å². The van der Waals surface area contributed by atoms with Gasteiger partial charge in [-0.3, -0.25) is 0 Å². The minimum atomic E-state index is 0.703. The zero-order chi connectivity index (χ0) is 12.4.